The summed E-state index contributed by atoms with van der Waals surface area (Å²) in [5, 5.41) is 7.09. The zero-order chi connectivity index (χ0) is 43.8. The third kappa shape index (κ3) is 13.2. The molecule has 322 valence electrons. The Bertz CT molecular complexity index is 2150. The van der Waals surface area contributed by atoms with Gasteiger partial charge in [0.1, 0.15) is 17.8 Å². The molecule has 4 aromatic rings. The molecule has 1 fully saturated rings. The largest absolute Gasteiger partial charge is 0.448 e. The van der Waals surface area contributed by atoms with Gasteiger partial charge in [-0.2, -0.15) is 4.90 Å². The van der Waals surface area contributed by atoms with E-state index in [-0.39, 0.29) is 30.5 Å². The molecule has 1 unspecified atom stereocenters. The van der Waals surface area contributed by atoms with Crippen LogP contribution < -0.4 is 20.4 Å². The molecule has 4 amide bonds. The molecule has 1 saturated carbocycles. The summed E-state index contributed by atoms with van der Waals surface area (Å²) in [5.41, 5.74) is 0.574. The molecule has 1 aromatic heterocycles. The summed E-state index contributed by atoms with van der Waals surface area (Å²) in [5.74, 6) is -1.29. The SMILES string of the molecule is Cc1ccccc1C(COC(=O)Nc1ccc(OOSC2CC2)c(CN(C)C(=O)CNc2ccc3c(N(C(=O)OC(C)(C)C)C(=O)OC(C)(C)C)nccc3c2)c1)C(F)F. The highest BCUT2D eigenvalue weighted by atomic mass is 32.2. The molecule has 1 heterocycles. The third-order valence-corrected chi connectivity index (χ3v) is 9.69. The number of anilines is 3. The summed E-state index contributed by atoms with van der Waals surface area (Å²) >= 11 is 1.20. The Balaban J connectivity index is 1.26. The zero-order valence-electron chi connectivity index (χ0n) is 34.9. The highest BCUT2D eigenvalue weighted by Crippen LogP contribution is 2.36. The number of fused-ring (bicyclic) bond motifs is 1. The number of pyridine rings is 1. The van der Waals surface area contributed by atoms with Gasteiger partial charge in [0.15, 0.2) is 11.6 Å². The molecule has 0 spiro atoms. The van der Waals surface area contributed by atoms with Crippen LogP contribution in [0.1, 0.15) is 77.0 Å². The van der Waals surface area contributed by atoms with Crippen LogP contribution in [0.25, 0.3) is 10.8 Å². The maximum atomic E-state index is 14.0. The van der Waals surface area contributed by atoms with Gasteiger partial charge in [-0.1, -0.05) is 24.3 Å². The van der Waals surface area contributed by atoms with E-state index in [9.17, 15) is 28.0 Å². The van der Waals surface area contributed by atoms with E-state index >= 15 is 0 Å². The Morgan fingerprint density at radius 1 is 0.900 bits per heavy atom. The van der Waals surface area contributed by atoms with Gasteiger partial charge in [-0.3, -0.25) is 10.1 Å². The van der Waals surface area contributed by atoms with Crippen LogP contribution in [0.4, 0.5) is 40.4 Å². The predicted molar refractivity (Wildman–Crippen MR) is 225 cm³/mol. The Morgan fingerprint density at radius 3 is 2.20 bits per heavy atom. The molecule has 0 radical (unpaired) electrons. The second kappa shape index (κ2) is 19.6. The van der Waals surface area contributed by atoms with Crippen molar-refractivity contribution in [2.75, 3.05) is 35.7 Å². The van der Waals surface area contributed by atoms with Crippen LogP contribution in [0.2, 0.25) is 0 Å². The molecule has 1 atom stereocenters. The number of hydrogen-bond donors (Lipinski definition) is 2. The van der Waals surface area contributed by atoms with Crippen molar-refractivity contribution in [1.29, 1.82) is 0 Å². The number of likely N-dealkylation sites (N-methyl/N-ethyl adjacent to an activating group) is 1. The lowest BCUT2D eigenvalue weighted by Gasteiger charge is -2.28. The number of benzene rings is 3. The van der Waals surface area contributed by atoms with Crippen LogP contribution >= 0.6 is 12.0 Å². The maximum absolute atomic E-state index is 14.0. The number of carbonyl (C=O) groups is 4. The summed E-state index contributed by atoms with van der Waals surface area (Å²) in [7, 11) is 1.60. The first kappa shape index (κ1) is 45.4. The number of imide groups is 1. The average Bonchev–Trinajstić information content (AvgIpc) is 3.98. The molecule has 1 aliphatic carbocycles. The van der Waals surface area contributed by atoms with Crippen molar-refractivity contribution in [2.24, 2.45) is 0 Å². The van der Waals surface area contributed by atoms with Gasteiger partial charge in [0.25, 0.3) is 0 Å². The third-order valence-electron chi connectivity index (χ3n) is 8.80. The van der Waals surface area contributed by atoms with Crippen molar-refractivity contribution in [1.82, 2.24) is 9.88 Å². The highest BCUT2D eigenvalue weighted by molar-refractivity contribution is 7.95. The molecule has 5 rings (SSSR count). The summed E-state index contributed by atoms with van der Waals surface area (Å²) in [6.45, 7) is 11.2. The monoisotopic (exact) mass is 851 g/mol. The fraction of sp³-hybridized carbons (Fsp3) is 0.419. The Morgan fingerprint density at radius 2 is 1.57 bits per heavy atom. The van der Waals surface area contributed by atoms with Crippen LogP contribution in [-0.4, -0.2) is 77.1 Å². The molecule has 0 bridgehead atoms. The fourth-order valence-electron chi connectivity index (χ4n) is 5.73. The molecule has 14 nitrogen and oxygen atoms in total. The molecule has 3 aromatic carbocycles. The van der Waals surface area contributed by atoms with Crippen molar-refractivity contribution in [3.8, 4) is 5.75 Å². The smallest absolute Gasteiger partial charge is 0.425 e. The van der Waals surface area contributed by atoms with Gasteiger partial charge in [-0.15, -0.1) is 4.33 Å². The first-order chi connectivity index (χ1) is 28.3. The zero-order valence-corrected chi connectivity index (χ0v) is 35.7. The summed E-state index contributed by atoms with van der Waals surface area (Å²) in [6, 6.07) is 18.2. The van der Waals surface area contributed by atoms with Gasteiger partial charge < -0.3 is 29.3 Å². The molecule has 2 N–H and O–H groups in total. The van der Waals surface area contributed by atoms with E-state index in [0.29, 0.717) is 44.1 Å². The van der Waals surface area contributed by atoms with Crippen LogP contribution in [0.15, 0.2) is 72.9 Å². The molecular formula is C43H51F2N5O9S. The lowest BCUT2D eigenvalue weighted by Crippen LogP contribution is -2.44. The van der Waals surface area contributed by atoms with Gasteiger partial charge in [0.05, 0.1) is 12.5 Å². The van der Waals surface area contributed by atoms with Gasteiger partial charge in [0, 0.05) is 59.4 Å². The van der Waals surface area contributed by atoms with Crippen LogP contribution in [-0.2, 0) is 29.9 Å². The average molecular weight is 852 g/mol. The number of aromatic nitrogens is 1. The first-order valence-corrected chi connectivity index (χ1v) is 20.1. The number of nitrogens with one attached hydrogen (secondary N) is 2. The lowest BCUT2D eigenvalue weighted by molar-refractivity contribution is -0.128. The van der Waals surface area contributed by atoms with Crippen molar-refractivity contribution in [3.63, 3.8) is 0 Å². The fourth-order valence-corrected chi connectivity index (χ4v) is 6.28. The quantitative estimate of drug-likeness (QED) is 0.0506. The van der Waals surface area contributed by atoms with Crippen LogP contribution in [0, 0.1) is 6.92 Å². The topological polar surface area (TPSA) is 158 Å². The Kier molecular flexibility index (Phi) is 14.8. The molecule has 60 heavy (non-hydrogen) atoms. The Hall–Kier alpha value is -5.68. The van der Waals surface area contributed by atoms with Crippen molar-refractivity contribution < 1.29 is 51.4 Å². The summed E-state index contributed by atoms with van der Waals surface area (Å²) in [6.07, 6.45) is -2.11. The molecule has 0 aliphatic heterocycles. The second-order valence-corrected chi connectivity index (χ2v) is 17.3. The normalized spacial score (nSPS) is 13.3. The van der Waals surface area contributed by atoms with Crippen LogP contribution in [0.5, 0.6) is 5.75 Å². The van der Waals surface area contributed by atoms with E-state index in [1.165, 1.54) is 23.1 Å². The van der Waals surface area contributed by atoms with Crippen molar-refractivity contribution in [2.45, 2.75) is 96.6 Å². The standard InChI is InChI=1S/C43H51F2N5O9S/c1-26-11-9-10-12-32(26)34(37(44)45)25-55-39(52)48-30-14-18-35(58-59-60-31-15-16-31)28(22-30)24-49(8)36(51)23-47-29-13-17-33-27(21-29)19-20-46-38(33)50(40(53)56-42(2,3)4)41(54)57-43(5,6)7/h9-14,17-22,31,34,37,47H,15-16,23-25H2,1-8H3,(H,48,52). The number of carbonyl (C=O) groups excluding carboxylic acids is 4. The number of hydrogen-bond acceptors (Lipinski definition) is 12. The van der Waals surface area contributed by atoms with Gasteiger partial charge in [0.2, 0.25) is 12.3 Å². The summed E-state index contributed by atoms with van der Waals surface area (Å²) in [4.78, 5) is 65.0. The Labute approximate surface area is 352 Å². The molecule has 17 heteroatoms. The van der Waals surface area contributed by atoms with Crippen LogP contribution in [0.3, 0.4) is 0 Å². The first-order valence-electron chi connectivity index (χ1n) is 19.3. The van der Waals surface area contributed by atoms with E-state index in [1.54, 1.807) is 122 Å². The van der Waals surface area contributed by atoms with E-state index in [4.69, 9.17) is 23.4 Å². The van der Waals surface area contributed by atoms with Crippen molar-refractivity contribution >= 4 is 64.2 Å². The maximum Gasteiger partial charge on any atom is 0.425 e. The van der Waals surface area contributed by atoms with Gasteiger partial charge in [-0.25, -0.2) is 28.1 Å². The summed E-state index contributed by atoms with van der Waals surface area (Å²) < 4.78 is 49.6. The number of amides is 4. The number of halogens is 2. The number of aryl methyl sites for hydroxylation is 1. The minimum atomic E-state index is -2.75. The van der Waals surface area contributed by atoms with E-state index < -0.39 is 48.4 Å². The van der Waals surface area contributed by atoms with E-state index in [2.05, 4.69) is 15.6 Å². The minimum absolute atomic E-state index is 0.0143. The predicted octanol–water partition coefficient (Wildman–Crippen LogP) is 10.0. The number of ether oxygens (including phenoxy) is 3. The number of rotatable bonds is 15. The van der Waals surface area contributed by atoms with Gasteiger partial charge in [-0.05, 0) is 120 Å². The molecule has 0 saturated heterocycles. The van der Waals surface area contributed by atoms with E-state index in [1.807, 2.05) is 0 Å². The number of nitrogens with zero attached hydrogens (tertiary/aromatic N) is 3. The minimum Gasteiger partial charge on any atom is -0.448 e. The molecule has 1 aliphatic rings. The van der Waals surface area contributed by atoms with Crippen molar-refractivity contribution in [3.05, 3.63) is 89.6 Å². The highest BCUT2D eigenvalue weighted by Gasteiger charge is 2.35. The lowest BCUT2D eigenvalue weighted by atomic mass is 9.96. The second-order valence-electron chi connectivity index (χ2n) is 16.3. The van der Waals surface area contributed by atoms with Gasteiger partial charge >= 0.3 is 18.3 Å². The number of alkyl halides is 2. The van der Waals surface area contributed by atoms with E-state index in [0.717, 1.165) is 17.7 Å². The molecular weight excluding hydrogens is 801 g/mol.